The van der Waals surface area contributed by atoms with E-state index in [1.165, 1.54) is 19.3 Å². The summed E-state index contributed by atoms with van der Waals surface area (Å²) in [7, 11) is 0. The maximum atomic E-state index is 12.5. The lowest BCUT2D eigenvalue weighted by molar-refractivity contribution is -0.146. The minimum atomic E-state index is -1.03. The third-order valence-corrected chi connectivity index (χ3v) is 7.07. The molecule has 1 atom stereocenters. The highest BCUT2D eigenvalue weighted by molar-refractivity contribution is 5.80. The number of rotatable bonds is 30. The van der Waals surface area contributed by atoms with Gasteiger partial charge in [-0.3, -0.25) is 14.4 Å². The largest absolute Gasteiger partial charge is 0.480 e. The number of nitrogens with one attached hydrogen (secondary N) is 1. The second-order valence-electron chi connectivity index (χ2n) is 11.4. The Hall–Kier alpha value is -3.41. The van der Waals surface area contributed by atoms with Gasteiger partial charge in [0.2, 0.25) is 5.91 Å². The number of hydrogen-bond donors (Lipinski definition) is 2. The molecule has 46 heavy (non-hydrogen) atoms. The van der Waals surface area contributed by atoms with Gasteiger partial charge in [0.05, 0.1) is 6.42 Å². The zero-order valence-corrected chi connectivity index (χ0v) is 28.9. The molecular weight excluding hydrogens is 574 g/mol. The average Bonchev–Trinajstić information content (AvgIpc) is 3.04. The fourth-order valence-electron chi connectivity index (χ4n) is 4.48. The lowest BCUT2D eigenvalue weighted by Gasteiger charge is -2.14. The Bertz CT molecular complexity index is 970. The summed E-state index contributed by atoms with van der Waals surface area (Å²) >= 11 is 0. The Morgan fingerprint density at radius 1 is 0.630 bits per heavy atom. The van der Waals surface area contributed by atoms with E-state index in [1.807, 2.05) is 18.2 Å². The Labute approximate surface area is 280 Å². The van der Waals surface area contributed by atoms with E-state index in [0.717, 1.165) is 89.9 Å². The minimum Gasteiger partial charge on any atom is -0.480 e. The number of carboxylic acids is 1. The molecule has 0 rings (SSSR count). The number of hydrogen-bond acceptors (Lipinski definition) is 4. The van der Waals surface area contributed by atoms with Gasteiger partial charge in [-0.1, -0.05) is 131 Å². The summed E-state index contributed by atoms with van der Waals surface area (Å²) in [5.74, 6) is -1.44. The van der Waals surface area contributed by atoms with E-state index < -0.39 is 5.97 Å². The molecule has 6 heteroatoms. The minimum absolute atomic E-state index is 0.202. The molecule has 1 amide bonds. The lowest BCUT2D eigenvalue weighted by Crippen LogP contribution is -2.28. The van der Waals surface area contributed by atoms with E-state index in [1.54, 1.807) is 0 Å². The van der Waals surface area contributed by atoms with Gasteiger partial charge in [0.15, 0.2) is 0 Å². The number of unbranched alkanes of at least 4 members (excludes halogenated alkanes) is 8. The quantitative estimate of drug-likeness (QED) is 0.0464. The second kappa shape index (κ2) is 34.5. The van der Waals surface area contributed by atoms with Crippen molar-refractivity contribution in [1.29, 1.82) is 0 Å². The molecule has 0 bridgehead atoms. The summed E-state index contributed by atoms with van der Waals surface area (Å²) in [5, 5.41) is 11.0. The second-order valence-corrected chi connectivity index (χ2v) is 11.4. The molecule has 258 valence electrons. The Morgan fingerprint density at radius 2 is 1.17 bits per heavy atom. The first-order valence-electron chi connectivity index (χ1n) is 17.7. The molecule has 2 N–H and O–H groups in total. The van der Waals surface area contributed by atoms with Gasteiger partial charge in [0.25, 0.3) is 0 Å². The molecule has 0 radical (unpaired) electrons. The summed E-state index contributed by atoms with van der Waals surface area (Å²) in [6.07, 6.45) is 47.3. The first-order chi connectivity index (χ1) is 22.5. The zero-order valence-electron chi connectivity index (χ0n) is 28.9. The van der Waals surface area contributed by atoms with Gasteiger partial charge in [-0.25, -0.2) is 0 Å². The van der Waals surface area contributed by atoms with Crippen LogP contribution in [0.4, 0.5) is 0 Å². The van der Waals surface area contributed by atoms with E-state index >= 15 is 0 Å². The van der Waals surface area contributed by atoms with E-state index in [-0.39, 0.29) is 30.9 Å². The van der Waals surface area contributed by atoms with Crippen molar-refractivity contribution in [2.75, 3.05) is 6.54 Å². The number of carbonyl (C=O) groups is 3. The van der Waals surface area contributed by atoms with Crippen molar-refractivity contribution in [2.45, 2.75) is 142 Å². The molecular formula is C40H63NO5. The van der Waals surface area contributed by atoms with Crippen molar-refractivity contribution < 1.29 is 24.2 Å². The summed E-state index contributed by atoms with van der Waals surface area (Å²) in [4.78, 5) is 34.7. The smallest absolute Gasteiger partial charge is 0.322 e. The number of ether oxygens (including phenoxy) is 1. The van der Waals surface area contributed by atoms with Gasteiger partial charge in [-0.05, 0) is 76.7 Å². The van der Waals surface area contributed by atoms with Crippen LogP contribution in [0.15, 0.2) is 85.1 Å². The van der Waals surface area contributed by atoms with Crippen molar-refractivity contribution in [3.05, 3.63) is 85.1 Å². The highest BCUT2D eigenvalue weighted by Crippen LogP contribution is 2.14. The van der Waals surface area contributed by atoms with Crippen LogP contribution >= 0.6 is 0 Å². The van der Waals surface area contributed by atoms with Crippen molar-refractivity contribution >= 4 is 17.8 Å². The molecule has 0 aliphatic rings. The highest BCUT2D eigenvalue weighted by atomic mass is 16.5. The Kier molecular flexibility index (Phi) is 31.9. The third-order valence-electron chi connectivity index (χ3n) is 7.07. The van der Waals surface area contributed by atoms with E-state index in [4.69, 9.17) is 9.84 Å². The maximum absolute atomic E-state index is 12.5. The fraction of sp³-hybridized carbons (Fsp3) is 0.575. The van der Waals surface area contributed by atoms with Crippen LogP contribution < -0.4 is 5.32 Å². The van der Waals surface area contributed by atoms with Crippen LogP contribution in [0.3, 0.4) is 0 Å². The van der Waals surface area contributed by atoms with Crippen LogP contribution in [-0.4, -0.2) is 35.6 Å². The predicted molar refractivity (Wildman–Crippen MR) is 194 cm³/mol. The maximum Gasteiger partial charge on any atom is 0.322 e. The normalized spacial score (nSPS) is 13.1. The Balaban J connectivity index is 4.40. The summed E-state index contributed by atoms with van der Waals surface area (Å²) in [6.45, 7) is 4.03. The molecule has 6 nitrogen and oxygen atoms in total. The fourth-order valence-corrected chi connectivity index (χ4v) is 4.48. The topological polar surface area (TPSA) is 92.7 Å². The highest BCUT2D eigenvalue weighted by Gasteiger charge is 2.10. The summed E-state index contributed by atoms with van der Waals surface area (Å²) in [6, 6.07) is 0. The SMILES string of the molecule is CC/C=C\C/C=C\C/C=C\C/C=C\C/C=C\CC(=O)OC(/C=C\C/C=C\CCCCC)CCCCCCCCC(=O)NCC(=O)O. The standard InChI is InChI=1S/C40H63NO5/c1-3-5-7-9-11-13-14-15-16-17-18-19-21-27-31-35-40(45)46-37(32-28-24-20-12-10-8-6-4-2)33-29-25-22-23-26-30-34-38(42)41-36-39(43)44/h5,7,11-13,15-16,18-20,27-28,31-32,37H,3-4,6,8-10,14,17,21-26,29-30,33-36H2,1-2H3,(H,41,42)(H,43,44)/b7-5-,13-11-,16-15-,19-18-,20-12-,31-27-,32-28-. The van der Waals surface area contributed by atoms with Crippen molar-refractivity contribution in [3.63, 3.8) is 0 Å². The molecule has 0 saturated carbocycles. The van der Waals surface area contributed by atoms with Crippen LogP contribution in [0.1, 0.15) is 136 Å². The van der Waals surface area contributed by atoms with E-state index in [0.29, 0.717) is 6.42 Å². The van der Waals surface area contributed by atoms with Gasteiger partial charge in [0, 0.05) is 6.42 Å². The third kappa shape index (κ3) is 33.5. The summed E-state index contributed by atoms with van der Waals surface area (Å²) in [5.41, 5.74) is 0. The average molecular weight is 638 g/mol. The molecule has 0 fully saturated rings. The number of allylic oxidation sites excluding steroid dienone is 12. The molecule has 0 saturated heterocycles. The van der Waals surface area contributed by atoms with Crippen molar-refractivity contribution in [3.8, 4) is 0 Å². The molecule has 0 heterocycles. The monoisotopic (exact) mass is 637 g/mol. The molecule has 0 aromatic rings. The predicted octanol–water partition coefficient (Wildman–Crippen LogP) is 10.4. The number of carboxylic acid groups (broad SMARTS) is 1. The van der Waals surface area contributed by atoms with Crippen molar-refractivity contribution in [2.24, 2.45) is 0 Å². The van der Waals surface area contributed by atoms with E-state index in [9.17, 15) is 14.4 Å². The van der Waals surface area contributed by atoms with Crippen LogP contribution in [0.2, 0.25) is 0 Å². The first kappa shape index (κ1) is 42.6. The molecule has 1 unspecified atom stereocenters. The van der Waals surface area contributed by atoms with Crippen LogP contribution in [0.25, 0.3) is 0 Å². The van der Waals surface area contributed by atoms with Crippen LogP contribution in [-0.2, 0) is 19.1 Å². The first-order valence-corrected chi connectivity index (χ1v) is 17.7. The number of amides is 1. The summed E-state index contributed by atoms with van der Waals surface area (Å²) < 4.78 is 5.82. The molecule has 0 aromatic carbocycles. The molecule has 0 spiro atoms. The number of aliphatic carboxylic acids is 1. The lowest BCUT2D eigenvalue weighted by atomic mass is 10.1. The van der Waals surface area contributed by atoms with Gasteiger partial charge in [0.1, 0.15) is 12.6 Å². The van der Waals surface area contributed by atoms with E-state index in [2.05, 4.69) is 86.0 Å². The van der Waals surface area contributed by atoms with Gasteiger partial charge in [-0.15, -0.1) is 0 Å². The van der Waals surface area contributed by atoms with Gasteiger partial charge in [-0.2, -0.15) is 0 Å². The molecule has 0 aliphatic carbocycles. The van der Waals surface area contributed by atoms with Crippen LogP contribution in [0.5, 0.6) is 0 Å². The van der Waals surface area contributed by atoms with Gasteiger partial charge >= 0.3 is 11.9 Å². The van der Waals surface area contributed by atoms with Crippen LogP contribution in [0, 0.1) is 0 Å². The molecule has 0 aromatic heterocycles. The number of carbonyl (C=O) groups excluding carboxylic acids is 2. The van der Waals surface area contributed by atoms with Gasteiger partial charge < -0.3 is 15.2 Å². The number of esters is 1. The Morgan fingerprint density at radius 3 is 1.78 bits per heavy atom. The van der Waals surface area contributed by atoms with Crippen molar-refractivity contribution in [1.82, 2.24) is 5.32 Å². The molecule has 0 aliphatic heterocycles. The zero-order chi connectivity index (χ0) is 33.8.